The molecule has 8 rings (SSSR count). The van der Waals surface area contributed by atoms with Crippen LogP contribution in [0.4, 0.5) is 17.1 Å². The summed E-state index contributed by atoms with van der Waals surface area (Å²) < 4.78 is 6.37. The first-order valence-electron chi connectivity index (χ1n) is 15.4. The number of anilines is 3. The lowest BCUT2D eigenvalue weighted by Gasteiger charge is -2.43. The molecule has 2 heterocycles. The van der Waals surface area contributed by atoms with Crippen LogP contribution in [0.3, 0.4) is 0 Å². The molecule has 2 aliphatic rings. The minimum absolute atomic E-state index is 0.243. The van der Waals surface area contributed by atoms with Gasteiger partial charge in [-0.3, -0.25) is 0 Å². The molecule has 6 aromatic rings. The van der Waals surface area contributed by atoms with Crippen LogP contribution in [0.2, 0.25) is 0 Å². The summed E-state index contributed by atoms with van der Waals surface area (Å²) in [5.74, 6) is 1.55. The van der Waals surface area contributed by atoms with E-state index in [0.717, 1.165) is 56.1 Å². The highest BCUT2D eigenvalue weighted by Crippen LogP contribution is 2.54. The van der Waals surface area contributed by atoms with Gasteiger partial charge >= 0.3 is 0 Å². The Hall–Kier alpha value is -6.04. The van der Waals surface area contributed by atoms with Gasteiger partial charge in [-0.25, -0.2) is 0 Å². The normalized spacial score (nSPS) is 13.7. The topological polar surface area (TPSA) is 60.0 Å². The highest BCUT2D eigenvalue weighted by atomic mass is 16.5. The molecular weight excluding hydrogens is 561 g/mol. The lowest BCUT2D eigenvalue weighted by Crippen LogP contribution is -2.56. The standard InChI is InChI=1S/C41H28BN3O/c1-41(2)31-17-3-7-21-35(31)45(36-22-8-4-18-32(36)41)40-28(26-44)14-12-16-30(40)29-15-11-13-27(25-43)39(29)42-33-19-5-9-23-37(33)46-38-24-10-6-20-34(38)42/h3-24H,1-2H3. The minimum atomic E-state index is -0.259. The van der Waals surface area contributed by atoms with Gasteiger partial charge in [0, 0.05) is 16.5 Å². The number of rotatable bonds is 3. The van der Waals surface area contributed by atoms with Gasteiger partial charge in [0.1, 0.15) is 17.6 Å². The van der Waals surface area contributed by atoms with Gasteiger partial charge < -0.3 is 9.64 Å². The lowest BCUT2D eigenvalue weighted by molar-refractivity contribution is 0.487. The Morgan fingerprint density at radius 2 is 1.07 bits per heavy atom. The van der Waals surface area contributed by atoms with E-state index in [1.807, 2.05) is 60.7 Å². The predicted molar refractivity (Wildman–Crippen MR) is 186 cm³/mol. The summed E-state index contributed by atoms with van der Waals surface area (Å²) in [6, 6.07) is 49.9. The quantitative estimate of drug-likeness (QED) is 0.197. The van der Waals surface area contributed by atoms with Crippen molar-refractivity contribution in [2.75, 3.05) is 4.90 Å². The van der Waals surface area contributed by atoms with E-state index in [1.54, 1.807) is 0 Å². The molecule has 0 aliphatic carbocycles. The molecule has 0 amide bonds. The molecule has 216 valence electrons. The Balaban J connectivity index is 1.46. The van der Waals surface area contributed by atoms with Gasteiger partial charge in [0.25, 0.3) is 6.71 Å². The third-order valence-corrected chi connectivity index (χ3v) is 9.50. The molecular formula is C41H28BN3O. The van der Waals surface area contributed by atoms with Crippen molar-refractivity contribution in [1.29, 1.82) is 10.5 Å². The van der Waals surface area contributed by atoms with Gasteiger partial charge in [-0.2, -0.15) is 10.5 Å². The van der Waals surface area contributed by atoms with E-state index in [1.165, 1.54) is 11.1 Å². The fourth-order valence-corrected chi connectivity index (χ4v) is 7.43. The molecule has 0 fully saturated rings. The van der Waals surface area contributed by atoms with Crippen LogP contribution in [0.5, 0.6) is 11.5 Å². The Labute approximate surface area is 269 Å². The molecule has 0 N–H and O–H groups in total. The molecule has 0 saturated carbocycles. The van der Waals surface area contributed by atoms with Crippen LogP contribution in [0.25, 0.3) is 11.1 Å². The summed E-state index contributed by atoms with van der Waals surface area (Å²) in [6.07, 6.45) is 0. The molecule has 5 heteroatoms. The number of ether oxygens (including phenoxy) is 1. The number of benzene rings is 6. The zero-order valence-electron chi connectivity index (χ0n) is 25.5. The van der Waals surface area contributed by atoms with Gasteiger partial charge in [-0.05, 0) is 69.5 Å². The maximum atomic E-state index is 10.7. The first-order chi connectivity index (χ1) is 22.5. The number of fused-ring (bicyclic) bond motifs is 4. The molecule has 4 nitrogen and oxygen atoms in total. The second kappa shape index (κ2) is 10.5. The summed E-state index contributed by atoms with van der Waals surface area (Å²) in [6.45, 7) is 4.26. The van der Waals surface area contributed by atoms with Crippen LogP contribution in [-0.4, -0.2) is 6.71 Å². The van der Waals surface area contributed by atoms with Crippen molar-refractivity contribution in [2.24, 2.45) is 0 Å². The number of nitrogens with zero attached hydrogens (tertiary/aromatic N) is 3. The molecule has 2 aliphatic heterocycles. The van der Waals surface area contributed by atoms with Gasteiger partial charge in [0.15, 0.2) is 0 Å². The maximum Gasteiger partial charge on any atom is 0.253 e. The Morgan fingerprint density at radius 1 is 0.565 bits per heavy atom. The maximum absolute atomic E-state index is 10.7. The molecule has 0 spiro atoms. The lowest BCUT2D eigenvalue weighted by atomic mass is 9.34. The van der Waals surface area contributed by atoms with Crippen molar-refractivity contribution >= 4 is 40.2 Å². The molecule has 0 unspecified atom stereocenters. The molecule has 46 heavy (non-hydrogen) atoms. The van der Waals surface area contributed by atoms with E-state index in [9.17, 15) is 10.5 Å². The largest absolute Gasteiger partial charge is 0.458 e. The first kappa shape index (κ1) is 27.5. The monoisotopic (exact) mass is 589 g/mol. The van der Waals surface area contributed by atoms with Crippen LogP contribution < -0.4 is 26.0 Å². The van der Waals surface area contributed by atoms with E-state index in [4.69, 9.17) is 4.74 Å². The molecule has 0 atom stereocenters. The number of nitriles is 2. The molecule has 6 aromatic carbocycles. The van der Waals surface area contributed by atoms with Crippen LogP contribution in [0.1, 0.15) is 36.1 Å². The van der Waals surface area contributed by atoms with Crippen molar-refractivity contribution in [2.45, 2.75) is 19.3 Å². The van der Waals surface area contributed by atoms with Gasteiger partial charge in [-0.15, -0.1) is 0 Å². The second-order valence-electron chi connectivity index (χ2n) is 12.3. The van der Waals surface area contributed by atoms with E-state index in [0.29, 0.717) is 11.1 Å². The fraction of sp³-hybridized carbons (Fsp3) is 0.0732. The van der Waals surface area contributed by atoms with E-state index < -0.39 is 0 Å². The van der Waals surface area contributed by atoms with Crippen molar-refractivity contribution in [3.8, 4) is 34.8 Å². The second-order valence-corrected chi connectivity index (χ2v) is 12.3. The third-order valence-electron chi connectivity index (χ3n) is 9.50. The van der Waals surface area contributed by atoms with Gasteiger partial charge in [0.2, 0.25) is 0 Å². The van der Waals surface area contributed by atoms with Crippen molar-refractivity contribution < 1.29 is 4.74 Å². The van der Waals surface area contributed by atoms with Crippen LogP contribution in [0, 0.1) is 22.7 Å². The summed E-state index contributed by atoms with van der Waals surface area (Å²) in [5, 5.41) is 21.3. The average molecular weight is 590 g/mol. The smallest absolute Gasteiger partial charge is 0.253 e. The van der Waals surface area contributed by atoms with Crippen molar-refractivity contribution in [3.05, 3.63) is 156 Å². The van der Waals surface area contributed by atoms with Crippen LogP contribution in [-0.2, 0) is 5.41 Å². The van der Waals surface area contributed by atoms with Crippen LogP contribution >= 0.6 is 0 Å². The highest BCUT2D eigenvalue weighted by Gasteiger charge is 2.39. The zero-order valence-corrected chi connectivity index (χ0v) is 25.5. The predicted octanol–water partition coefficient (Wildman–Crippen LogP) is 7.83. The molecule has 0 bridgehead atoms. The molecule has 0 aromatic heterocycles. The Bertz CT molecular complexity index is 2180. The number of hydrogen-bond acceptors (Lipinski definition) is 4. The van der Waals surface area contributed by atoms with Crippen molar-refractivity contribution in [3.63, 3.8) is 0 Å². The Morgan fingerprint density at radius 3 is 1.65 bits per heavy atom. The van der Waals surface area contributed by atoms with E-state index >= 15 is 0 Å². The molecule has 0 radical (unpaired) electrons. The zero-order chi connectivity index (χ0) is 31.4. The minimum Gasteiger partial charge on any atom is -0.458 e. The average Bonchev–Trinajstić information content (AvgIpc) is 3.10. The Kier molecular flexibility index (Phi) is 6.31. The highest BCUT2D eigenvalue weighted by molar-refractivity contribution is 6.98. The van der Waals surface area contributed by atoms with E-state index in [2.05, 4.69) is 104 Å². The SMILES string of the molecule is CC1(C)c2ccccc2N(c2c(C#N)cccc2-c2cccc(C#N)c2B2c3ccccc3Oc3ccccc32)c2ccccc21. The molecule has 0 saturated heterocycles. The summed E-state index contributed by atoms with van der Waals surface area (Å²) in [5.41, 5.74) is 10.8. The summed E-state index contributed by atoms with van der Waals surface area (Å²) in [7, 11) is 0. The summed E-state index contributed by atoms with van der Waals surface area (Å²) >= 11 is 0. The number of hydrogen-bond donors (Lipinski definition) is 0. The third kappa shape index (κ3) is 3.99. The van der Waals surface area contributed by atoms with Gasteiger partial charge in [-0.1, -0.05) is 111 Å². The van der Waals surface area contributed by atoms with Crippen LogP contribution in [0.15, 0.2) is 133 Å². The van der Waals surface area contributed by atoms with E-state index in [-0.39, 0.29) is 12.1 Å². The summed E-state index contributed by atoms with van der Waals surface area (Å²) in [4.78, 5) is 2.25. The van der Waals surface area contributed by atoms with Crippen molar-refractivity contribution in [1.82, 2.24) is 0 Å². The fourth-order valence-electron chi connectivity index (χ4n) is 7.43. The first-order valence-corrected chi connectivity index (χ1v) is 15.4. The van der Waals surface area contributed by atoms with Gasteiger partial charge in [0.05, 0.1) is 28.7 Å². The number of para-hydroxylation sites is 5.